The summed E-state index contributed by atoms with van der Waals surface area (Å²) in [5, 5.41) is 3.05. The lowest BCUT2D eigenvalue weighted by Crippen LogP contribution is -2.24. The van der Waals surface area contributed by atoms with Gasteiger partial charge in [-0.2, -0.15) is 0 Å². The van der Waals surface area contributed by atoms with E-state index in [0.717, 1.165) is 31.4 Å². The minimum atomic E-state index is -0.635. The van der Waals surface area contributed by atoms with Crippen molar-refractivity contribution in [3.05, 3.63) is 59.7 Å². The fraction of sp³-hybridized carbons (Fsp3) is 0.467. The number of pyridine rings is 1. The average molecular weight is 536 g/mol. The molecule has 3 heterocycles. The zero-order valence-electron chi connectivity index (χ0n) is 23.6. The first-order valence-corrected chi connectivity index (χ1v) is 14.0. The molecule has 1 aromatic carbocycles. The predicted octanol–water partition coefficient (Wildman–Crippen LogP) is 7.59. The molecule has 0 atom stereocenters. The quantitative estimate of drug-likeness (QED) is 0.178. The summed E-state index contributed by atoms with van der Waals surface area (Å²) in [4.78, 5) is 19.7. The van der Waals surface area contributed by atoms with Crippen LogP contribution < -0.4 is 5.32 Å². The van der Waals surface area contributed by atoms with Gasteiger partial charge in [-0.15, -0.1) is 0 Å². The summed E-state index contributed by atoms with van der Waals surface area (Å²) in [5.74, 6) is 0.281. The number of fused-ring (bicyclic) bond motifs is 1. The summed E-state index contributed by atoms with van der Waals surface area (Å²) in [5.41, 5.74) is 2.32. The number of halogens is 2. The normalized spacial score (nSPS) is 11.7. The molecule has 7 nitrogen and oxygen atoms in total. The summed E-state index contributed by atoms with van der Waals surface area (Å²) in [6, 6.07) is 6.96. The lowest BCUT2D eigenvalue weighted by molar-refractivity contribution is 0.272. The summed E-state index contributed by atoms with van der Waals surface area (Å²) in [6.07, 6.45) is 9.27. The van der Waals surface area contributed by atoms with Crippen LogP contribution >= 0.6 is 0 Å². The standard InChI is InChI=1S/C30H39F2N7/c1-6-8-9-10-11-14-38(7-2)19-22-12-13-27(33-17-22)36-30-34-18-25(32)28(37-30)23-15-24(31)29-26(16-23)39(20(3)4)21(5)35-29/h12-13,15-18,20H,6-11,14,19H2,1-5H3,(H,33,34,36,37). The highest BCUT2D eigenvalue weighted by atomic mass is 19.1. The molecule has 0 spiro atoms. The molecule has 0 saturated carbocycles. The number of rotatable bonds is 13. The van der Waals surface area contributed by atoms with E-state index in [4.69, 9.17) is 0 Å². The van der Waals surface area contributed by atoms with Gasteiger partial charge >= 0.3 is 0 Å². The predicted molar refractivity (Wildman–Crippen MR) is 153 cm³/mol. The van der Waals surface area contributed by atoms with E-state index in [9.17, 15) is 8.78 Å². The van der Waals surface area contributed by atoms with Gasteiger partial charge in [-0.05, 0) is 64.0 Å². The molecule has 0 bridgehead atoms. The smallest absolute Gasteiger partial charge is 0.229 e. The van der Waals surface area contributed by atoms with Crippen LogP contribution in [0, 0.1) is 18.6 Å². The molecule has 4 aromatic rings. The van der Waals surface area contributed by atoms with Gasteiger partial charge in [0.1, 0.15) is 22.9 Å². The zero-order valence-corrected chi connectivity index (χ0v) is 23.6. The summed E-state index contributed by atoms with van der Waals surface area (Å²) in [6.45, 7) is 13.2. The second-order valence-electron chi connectivity index (χ2n) is 10.3. The second kappa shape index (κ2) is 13.1. The molecule has 0 saturated heterocycles. The number of anilines is 2. The topological polar surface area (TPSA) is 71.8 Å². The molecular weight excluding hydrogens is 496 g/mol. The number of nitrogens with zero attached hydrogens (tertiary/aromatic N) is 6. The van der Waals surface area contributed by atoms with Gasteiger partial charge in [-0.1, -0.05) is 45.6 Å². The maximum atomic E-state index is 15.0. The molecule has 208 valence electrons. The van der Waals surface area contributed by atoms with Crippen molar-refractivity contribution in [2.75, 3.05) is 18.4 Å². The van der Waals surface area contributed by atoms with Crippen LogP contribution in [0.2, 0.25) is 0 Å². The summed E-state index contributed by atoms with van der Waals surface area (Å²) < 4.78 is 31.7. The van der Waals surface area contributed by atoms with E-state index in [-0.39, 0.29) is 23.2 Å². The lowest BCUT2D eigenvalue weighted by atomic mass is 10.1. The molecule has 0 amide bonds. The van der Waals surface area contributed by atoms with Gasteiger partial charge in [0.15, 0.2) is 11.6 Å². The highest BCUT2D eigenvalue weighted by molar-refractivity contribution is 5.83. The van der Waals surface area contributed by atoms with Crippen LogP contribution in [0.1, 0.15) is 77.2 Å². The molecule has 0 aliphatic carbocycles. The van der Waals surface area contributed by atoms with Crippen molar-refractivity contribution in [2.24, 2.45) is 0 Å². The minimum absolute atomic E-state index is 0.0107. The second-order valence-corrected chi connectivity index (χ2v) is 10.3. The third-order valence-corrected chi connectivity index (χ3v) is 6.95. The van der Waals surface area contributed by atoms with Crippen molar-refractivity contribution < 1.29 is 8.78 Å². The van der Waals surface area contributed by atoms with Crippen LogP contribution in [0.15, 0.2) is 36.7 Å². The Morgan fingerprint density at radius 2 is 1.74 bits per heavy atom. The largest absolute Gasteiger partial charge is 0.326 e. The third kappa shape index (κ3) is 6.95. The third-order valence-electron chi connectivity index (χ3n) is 6.95. The number of benzene rings is 1. The molecule has 0 unspecified atom stereocenters. The Hall–Kier alpha value is -3.46. The van der Waals surface area contributed by atoms with Gasteiger partial charge in [-0.25, -0.2) is 28.7 Å². The van der Waals surface area contributed by atoms with Gasteiger partial charge in [0.2, 0.25) is 5.95 Å². The SMILES string of the molecule is CCCCCCCN(CC)Cc1ccc(Nc2ncc(F)c(-c3cc(F)c4nc(C)n(C(C)C)c4c3)n2)nc1. The van der Waals surface area contributed by atoms with Crippen LogP contribution in [-0.2, 0) is 6.54 Å². The van der Waals surface area contributed by atoms with E-state index in [1.54, 1.807) is 6.07 Å². The van der Waals surface area contributed by atoms with E-state index in [2.05, 4.69) is 44.0 Å². The van der Waals surface area contributed by atoms with E-state index in [1.165, 1.54) is 38.2 Å². The van der Waals surface area contributed by atoms with E-state index in [0.29, 0.717) is 22.7 Å². The monoisotopic (exact) mass is 535 g/mol. The van der Waals surface area contributed by atoms with Crippen molar-refractivity contribution in [3.63, 3.8) is 0 Å². The van der Waals surface area contributed by atoms with Crippen LogP contribution in [0.25, 0.3) is 22.3 Å². The van der Waals surface area contributed by atoms with Crippen LogP contribution in [-0.4, -0.2) is 42.5 Å². The fourth-order valence-corrected chi connectivity index (χ4v) is 4.94. The van der Waals surface area contributed by atoms with Crippen molar-refractivity contribution in [2.45, 2.75) is 79.3 Å². The Morgan fingerprint density at radius 3 is 2.44 bits per heavy atom. The van der Waals surface area contributed by atoms with Crippen molar-refractivity contribution in [1.29, 1.82) is 0 Å². The zero-order chi connectivity index (χ0) is 27.9. The van der Waals surface area contributed by atoms with E-state index >= 15 is 0 Å². The molecule has 0 aliphatic heterocycles. The number of aryl methyl sites for hydroxylation is 1. The molecular formula is C30H39F2N7. The van der Waals surface area contributed by atoms with Crippen molar-refractivity contribution >= 4 is 22.8 Å². The Morgan fingerprint density at radius 1 is 0.949 bits per heavy atom. The maximum Gasteiger partial charge on any atom is 0.229 e. The molecule has 0 radical (unpaired) electrons. The molecule has 0 aliphatic rings. The molecule has 4 rings (SSSR count). The molecule has 9 heteroatoms. The Bertz CT molecular complexity index is 1380. The van der Waals surface area contributed by atoms with Crippen LogP contribution in [0.4, 0.5) is 20.5 Å². The highest BCUT2D eigenvalue weighted by Gasteiger charge is 2.18. The number of unbranched alkanes of at least 4 members (excludes halogenated alkanes) is 4. The van der Waals surface area contributed by atoms with Gasteiger partial charge in [-0.3, -0.25) is 4.90 Å². The van der Waals surface area contributed by atoms with Crippen molar-refractivity contribution in [3.8, 4) is 11.3 Å². The van der Waals surface area contributed by atoms with Crippen molar-refractivity contribution in [1.82, 2.24) is 29.4 Å². The van der Waals surface area contributed by atoms with Gasteiger partial charge in [0, 0.05) is 24.3 Å². The van der Waals surface area contributed by atoms with Gasteiger partial charge in [0.05, 0.1) is 11.7 Å². The van der Waals surface area contributed by atoms with Gasteiger partial charge in [0.25, 0.3) is 0 Å². The Labute approximate surface area is 229 Å². The Kier molecular flexibility index (Phi) is 9.56. The van der Waals surface area contributed by atoms with E-state index < -0.39 is 11.6 Å². The highest BCUT2D eigenvalue weighted by Crippen LogP contribution is 2.30. The van der Waals surface area contributed by atoms with Crippen LogP contribution in [0.5, 0.6) is 0 Å². The molecule has 39 heavy (non-hydrogen) atoms. The summed E-state index contributed by atoms with van der Waals surface area (Å²) >= 11 is 0. The minimum Gasteiger partial charge on any atom is -0.326 e. The average Bonchev–Trinajstić information content (AvgIpc) is 3.26. The lowest BCUT2D eigenvalue weighted by Gasteiger charge is -2.20. The number of hydrogen-bond donors (Lipinski definition) is 1. The summed E-state index contributed by atoms with van der Waals surface area (Å²) in [7, 11) is 0. The molecule has 1 N–H and O–H groups in total. The maximum absolute atomic E-state index is 15.0. The van der Waals surface area contributed by atoms with E-state index in [1.807, 2.05) is 43.7 Å². The number of nitrogens with one attached hydrogen (secondary N) is 1. The Balaban J connectivity index is 1.48. The molecule has 3 aromatic heterocycles. The number of hydrogen-bond acceptors (Lipinski definition) is 6. The van der Waals surface area contributed by atoms with Crippen LogP contribution in [0.3, 0.4) is 0 Å². The first-order chi connectivity index (χ1) is 18.8. The fourth-order valence-electron chi connectivity index (χ4n) is 4.94. The number of aromatic nitrogens is 5. The first kappa shape index (κ1) is 28.5. The molecule has 0 fully saturated rings. The number of imidazole rings is 1. The van der Waals surface area contributed by atoms with Gasteiger partial charge < -0.3 is 9.88 Å². The first-order valence-electron chi connectivity index (χ1n) is 14.0.